The first-order chi connectivity index (χ1) is 9.78. The summed E-state index contributed by atoms with van der Waals surface area (Å²) in [6.45, 7) is 0.890. The van der Waals surface area contributed by atoms with Gasteiger partial charge in [0.25, 0.3) is 0 Å². The van der Waals surface area contributed by atoms with Crippen molar-refractivity contribution in [3.05, 3.63) is 35.3 Å². The molecule has 2 unspecified atom stereocenters. The molecule has 0 spiro atoms. The molecule has 3 aliphatic rings. The number of halogens is 3. The van der Waals surface area contributed by atoms with Gasteiger partial charge in [-0.25, -0.2) is 0 Å². The Bertz CT molecular complexity index is 646. The Balaban J connectivity index is 1.79. The lowest BCUT2D eigenvalue weighted by atomic mass is 9.81. The summed E-state index contributed by atoms with van der Waals surface area (Å²) < 4.78 is 63.4. The summed E-state index contributed by atoms with van der Waals surface area (Å²) in [6.07, 6.45) is 7.06. The lowest BCUT2D eigenvalue weighted by molar-refractivity contribution is -0.0524. The highest BCUT2D eigenvalue weighted by molar-refractivity contribution is 7.87. The van der Waals surface area contributed by atoms with Crippen LogP contribution in [0.2, 0.25) is 0 Å². The van der Waals surface area contributed by atoms with Crippen LogP contribution in [0.5, 0.6) is 0 Å². The second kappa shape index (κ2) is 4.79. The van der Waals surface area contributed by atoms with E-state index < -0.39 is 15.6 Å². The normalized spacial score (nSPS) is 28.6. The molecular formula is C13H14F3NO3S. The van der Waals surface area contributed by atoms with E-state index in [4.69, 9.17) is 0 Å². The van der Waals surface area contributed by atoms with Crippen molar-refractivity contribution in [2.75, 3.05) is 6.54 Å². The highest BCUT2D eigenvalue weighted by Crippen LogP contribution is 2.45. The van der Waals surface area contributed by atoms with Crippen LogP contribution in [0.4, 0.5) is 13.2 Å². The number of allylic oxidation sites excluding steroid dienone is 6. The van der Waals surface area contributed by atoms with Gasteiger partial charge in [0.2, 0.25) is 0 Å². The van der Waals surface area contributed by atoms with E-state index in [9.17, 15) is 21.6 Å². The van der Waals surface area contributed by atoms with Crippen molar-refractivity contribution in [3.63, 3.8) is 0 Å². The predicted molar refractivity (Wildman–Crippen MR) is 69.1 cm³/mol. The minimum atomic E-state index is -5.59. The van der Waals surface area contributed by atoms with Crippen LogP contribution in [0.1, 0.15) is 19.3 Å². The molecule has 0 radical (unpaired) electrons. The monoisotopic (exact) mass is 321 g/mol. The first-order valence-corrected chi connectivity index (χ1v) is 8.06. The molecule has 1 aliphatic heterocycles. The molecule has 21 heavy (non-hydrogen) atoms. The van der Waals surface area contributed by atoms with Gasteiger partial charge in [-0.15, -0.1) is 0 Å². The number of nitrogens with one attached hydrogen (secondary N) is 1. The maximum absolute atomic E-state index is 12.3. The van der Waals surface area contributed by atoms with Crippen molar-refractivity contribution in [1.29, 1.82) is 0 Å². The van der Waals surface area contributed by atoms with Crippen molar-refractivity contribution in [2.24, 2.45) is 11.8 Å². The second-order valence-corrected chi connectivity index (χ2v) is 6.91. The van der Waals surface area contributed by atoms with Gasteiger partial charge in [0.15, 0.2) is 0 Å². The molecule has 8 heteroatoms. The smallest absolute Gasteiger partial charge is 0.388 e. The largest absolute Gasteiger partial charge is 0.534 e. The van der Waals surface area contributed by atoms with E-state index in [2.05, 4.69) is 9.50 Å². The molecule has 1 fully saturated rings. The number of hydrogen-bond acceptors (Lipinski definition) is 4. The molecule has 0 aromatic rings. The quantitative estimate of drug-likeness (QED) is 0.627. The molecule has 1 N–H and O–H groups in total. The SMILES string of the molecule is O=S(=O)(OC1=CC=C2C=C3NCCCC3C2C1)C(F)(F)F. The van der Waals surface area contributed by atoms with Crippen molar-refractivity contribution < 1.29 is 25.8 Å². The Morgan fingerprint density at radius 1 is 1.24 bits per heavy atom. The van der Waals surface area contributed by atoms with Crippen LogP contribution in [0.3, 0.4) is 0 Å². The number of hydrogen-bond donors (Lipinski definition) is 1. The molecule has 2 atom stereocenters. The van der Waals surface area contributed by atoms with E-state index in [1.165, 1.54) is 6.08 Å². The molecule has 0 aromatic heterocycles. The maximum Gasteiger partial charge on any atom is 0.534 e. The fourth-order valence-corrected chi connectivity index (χ4v) is 3.59. The minimum absolute atomic E-state index is 0.00349. The van der Waals surface area contributed by atoms with Gasteiger partial charge >= 0.3 is 15.6 Å². The third-order valence-corrected chi connectivity index (χ3v) is 5.04. The van der Waals surface area contributed by atoms with Gasteiger partial charge < -0.3 is 9.50 Å². The lowest BCUT2D eigenvalue weighted by Crippen LogP contribution is -2.30. The Labute approximate surface area is 120 Å². The van der Waals surface area contributed by atoms with Gasteiger partial charge in [-0.1, -0.05) is 6.08 Å². The molecule has 0 bridgehead atoms. The fourth-order valence-electron chi connectivity index (χ4n) is 3.09. The molecule has 2 aliphatic carbocycles. The molecule has 0 amide bonds. The zero-order chi connectivity index (χ0) is 15.3. The summed E-state index contributed by atoms with van der Waals surface area (Å²) in [6, 6.07) is 0. The average Bonchev–Trinajstić information content (AvgIpc) is 2.75. The predicted octanol–water partition coefficient (Wildman–Crippen LogP) is 2.58. The molecule has 116 valence electrons. The highest BCUT2D eigenvalue weighted by atomic mass is 32.2. The third kappa shape index (κ3) is 2.56. The van der Waals surface area contributed by atoms with E-state index >= 15 is 0 Å². The van der Waals surface area contributed by atoms with E-state index in [1.54, 1.807) is 6.08 Å². The summed E-state index contributed by atoms with van der Waals surface area (Å²) in [4.78, 5) is 0. The van der Waals surface area contributed by atoms with Gasteiger partial charge in [-0.2, -0.15) is 21.6 Å². The Morgan fingerprint density at radius 3 is 2.71 bits per heavy atom. The average molecular weight is 321 g/mol. The summed E-state index contributed by atoms with van der Waals surface area (Å²) in [5, 5.41) is 3.28. The zero-order valence-corrected chi connectivity index (χ0v) is 11.8. The molecule has 1 heterocycles. The third-order valence-electron chi connectivity index (χ3n) is 4.04. The van der Waals surface area contributed by atoms with Crippen molar-refractivity contribution >= 4 is 10.1 Å². The maximum atomic E-state index is 12.3. The molecular weight excluding hydrogens is 307 g/mol. The molecule has 1 saturated heterocycles. The standard InChI is InChI=1S/C13H14F3NO3S/c14-13(15,16)21(18,19)20-9-4-3-8-6-12-10(11(8)7-9)2-1-5-17-12/h3-4,6,10-11,17H,1-2,5,7H2. The summed E-state index contributed by atoms with van der Waals surface area (Å²) >= 11 is 0. The first-order valence-electron chi connectivity index (χ1n) is 6.65. The second-order valence-electron chi connectivity index (χ2n) is 5.37. The summed E-state index contributed by atoms with van der Waals surface area (Å²) in [5.41, 5.74) is -3.30. The van der Waals surface area contributed by atoms with Crippen molar-refractivity contribution in [2.45, 2.75) is 24.8 Å². The van der Waals surface area contributed by atoms with Crippen LogP contribution in [0, 0.1) is 11.8 Å². The number of piperidine rings is 1. The van der Waals surface area contributed by atoms with Gasteiger partial charge in [0.05, 0.1) is 0 Å². The summed E-state index contributed by atoms with van der Waals surface area (Å²) in [5.74, 6) is 0.0587. The lowest BCUT2D eigenvalue weighted by Gasteiger charge is -2.29. The van der Waals surface area contributed by atoms with Crippen LogP contribution < -0.4 is 5.32 Å². The Morgan fingerprint density at radius 2 is 2.00 bits per heavy atom. The fraction of sp³-hybridized carbons (Fsp3) is 0.538. The molecule has 4 nitrogen and oxygen atoms in total. The van der Waals surface area contributed by atoms with Crippen LogP contribution in [-0.4, -0.2) is 20.5 Å². The van der Waals surface area contributed by atoms with Crippen molar-refractivity contribution in [3.8, 4) is 0 Å². The van der Waals surface area contributed by atoms with Gasteiger partial charge in [-0.05, 0) is 36.5 Å². The zero-order valence-electron chi connectivity index (χ0n) is 11.0. The Hall–Kier alpha value is -1.44. The molecule has 0 saturated carbocycles. The van der Waals surface area contributed by atoms with E-state index in [-0.39, 0.29) is 24.0 Å². The molecule has 3 rings (SSSR count). The molecule has 0 aromatic carbocycles. The number of alkyl halides is 3. The van der Waals surface area contributed by atoms with Gasteiger partial charge in [0.1, 0.15) is 5.76 Å². The topological polar surface area (TPSA) is 55.4 Å². The highest BCUT2D eigenvalue weighted by Gasteiger charge is 2.49. The summed E-state index contributed by atoms with van der Waals surface area (Å²) in [7, 11) is -5.59. The van der Waals surface area contributed by atoms with E-state index in [1.807, 2.05) is 6.08 Å². The minimum Gasteiger partial charge on any atom is -0.388 e. The van der Waals surface area contributed by atoms with Crippen LogP contribution in [0.25, 0.3) is 0 Å². The van der Waals surface area contributed by atoms with Crippen LogP contribution in [-0.2, 0) is 14.3 Å². The van der Waals surface area contributed by atoms with E-state index in [0.29, 0.717) is 0 Å². The van der Waals surface area contributed by atoms with Gasteiger partial charge in [0, 0.05) is 24.6 Å². The first kappa shape index (κ1) is 14.5. The number of rotatable bonds is 2. The van der Waals surface area contributed by atoms with Crippen molar-refractivity contribution in [1.82, 2.24) is 5.32 Å². The van der Waals surface area contributed by atoms with Crippen LogP contribution >= 0.6 is 0 Å². The van der Waals surface area contributed by atoms with Gasteiger partial charge in [-0.3, -0.25) is 0 Å². The number of fused-ring (bicyclic) bond motifs is 3. The van der Waals surface area contributed by atoms with Crippen LogP contribution in [0.15, 0.2) is 35.3 Å². The van der Waals surface area contributed by atoms with E-state index in [0.717, 1.165) is 30.7 Å². The Kier molecular flexibility index (Phi) is 3.31.